The number of hydrogen-bond acceptors (Lipinski definition) is 5. The maximum Gasteiger partial charge on any atom is 0.234 e. The SMILES string of the molecule is C=CCn1c(CSCc2ccc(Cl)cc2Cl)nnc1SCC(=O)Nc1ccccc1Cl. The number of rotatable bonds is 10. The van der Waals surface area contributed by atoms with Crippen LogP contribution in [0.4, 0.5) is 5.69 Å². The fourth-order valence-corrected chi connectivity index (χ4v) is 5.09. The standard InChI is InChI=1S/C21H19Cl3N4OS2/c1-2-9-28-19(12-30-11-14-7-8-15(22)10-17(14)24)26-27-21(28)31-13-20(29)25-18-6-4-3-5-16(18)23/h2-8,10H,1,9,11-13H2,(H,25,29). The van der Waals surface area contributed by atoms with Crippen molar-refractivity contribution in [3.8, 4) is 0 Å². The van der Waals surface area contributed by atoms with E-state index >= 15 is 0 Å². The van der Waals surface area contributed by atoms with Gasteiger partial charge >= 0.3 is 0 Å². The van der Waals surface area contributed by atoms with Crippen LogP contribution in [0.2, 0.25) is 15.1 Å². The summed E-state index contributed by atoms with van der Waals surface area (Å²) in [7, 11) is 0. The van der Waals surface area contributed by atoms with Crippen LogP contribution in [0, 0.1) is 0 Å². The summed E-state index contributed by atoms with van der Waals surface area (Å²) >= 11 is 21.3. The lowest BCUT2D eigenvalue weighted by Gasteiger charge is -2.09. The number of allylic oxidation sites excluding steroid dienone is 1. The van der Waals surface area contributed by atoms with Gasteiger partial charge in [-0.05, 0) is 29.8 Å². The average molecular weight is 514 g/mol. The van der Waals surface area contributed by atoms with Crippen molar-refractivity contribution in [1.82, 2.24) is 14.8 Å². The molecule has 1 amide bonds. The van der Waals surface area contributed by atoms with Crippen LogP contribution in [0.1, 0.15) is 11.4 Å². The van der Waals surface area contributed by atoms with Crippen molar-refractivity contribution in [2.45, 2.75) is 23.2 Å². The molecular formula is C21H19Cl3N4OS2. The molecule has 0 atom stereocenters. The molecule has 0 saturated carbocycles. The molecule has 0 saturated heterocycles. The molecule has 0 spiro atoms. The highest BCUT2D eigenvalue weighted by Crippen LogP contribution is 2.27. The Kier molecular flexibility index (Phi) is 9.16. The van der Waals surface area contributed by atoms with E-state index in [0.29, 0.717) is 38.2 Å². The molecule has 1 heterocycles. The van der Waals surface area contributed by atoms with Crippen LogP contribution in [0.3, 0.4) is 0 Å². The molecule has 3 aromatic rings. The van der Waals surface area contributed by atoms with E-state index < -0.39 is 0 Å². The monoisotopic (exact) mass is 512 g/mol. The maximum atomic E-state index is 12.3. The Bertz CT molecular complexity index is 1070. The van der Waals surface area contributed by atoms with E-state index in [0.717, 1.165) is 17.1 Å². The number of para-hydroxylation sites is 1. The zero-order valence-corrected chi connectivity index (χ0v) is 20.3. The highest BCUT2D eigenvalue weighted by molar-refractivity contribution is 7.99. The summed E-state index contributed by atoms with van der Waals surface area (Å²) in [6.07, 6.45) is 1.78. The van der Waals surface area contributed by atoms with Gasteiger partial charge in [0.2, 0.25) is 5.91 Å². The van der Waals surface area contributed by atoms with Gasteiger partial charge in [0.15, 0.2) is 5.16 Å². The van der Waals surface area contributed by atoms with Gasteiger partial charge in [0.25, 0.3) is 0 Å². The third-order valence-electron chi connectivity index (χ3n) is 4.09. The fraction of sp³-hybridized carbons (Fsp3) is 0.190. The van der Waals surface area contributed by atoms with Crippen molar-refractivity contribution < 1.29 is 4.79 Å². The van der Waals surface area contributed by atoms with Crippen molar-refractivity contribution in [2.75, 3.05) is 11.1 Å². The van der Waals surface area contributed by atoms with Gasteiger partial charge in [0, 0.05) is 22.3 Å². The zero-order chi connectivity index (χ0) is 22.2. The highest BCUT2D eigenvalue weighted by Gasteiger charge is 2.14. The molecule has 0 aliphatic heterocycles. The van der Waals surface area contributed by atoms with Crippen LogP contribution >= 0.6 is 58.3 Å². The van der Waals surface area contributed by atoms with Gasteiger partial charge in [-0.15, -0.1) is 28.5 Å². The summed E-state index contributed by atoms with van der Waals surface area (Å²) < 4.78 is 1.96. The molecule has 0 aliphatic carbocycles. The van der Waals surface area contributed by atoms with Crippen LogP contribution in [-0.4, -0.2) is 26.4 Å². The fourth-order valence-electron chi connectivity index (χ4n) is 2.61. The van der Waals surface area contributed by atoms with Gasteiger partial charge in [-0.1, -0.05) is 70.8 Å². The summed E-state index contributed by atoms with van der Waals surface area (Å²) in [6.45, 7) is 4.36. The van der Waals surface area contributed by atoms with Crippen molar-refractivity contribution in [1.29, 1.82) is 0 Å². The Morgan fingerprint density at radius 2 is 1.90 bits per heavy atom. The van der Waals surface area contributed by atoms with Crippen LogP contribution in [-0.2, 0) is 22.8 Å². The molecule has 1 aromatic heterocycles. The third-order valence-corrected chi connectivity index (χ3v) is 6.95. The lowest BCUT2D eigenvalue weighted by Crippen LogP contribution is -2.15. The van der Waals surface area contributed by atoms with E-state index in [1.54, 1.807) is 36.0 Å². The van der Waals surface area contributed by atoms with Crippen LogP contribution < -0.4 is 5.32 Å². The predicted molar refractivity (Wildman–Crippen MR) is 132 cm³/mol. The summed E-state index contributed by atoms with van der Waals surface area (Å²) in [5.41, 5.74) is 1.59. The number of carbonyl (C=O) groups excluding carboxylic acids is 1. The first kappa shape index (κ1) is 24.0. The molecule has 0 bridgehead atoms. The first-order valence-electron chi connectivity index (χ1n) is 9.19. The predicted octanol–water partition coefficient (Wildman–Crippen LogP) is 6.59. The maximum absolute atomic E-state index is 12.3. The van der Waals surface area contributed by atoms with Gasteiger partial charge in [-0.2, -0.15) is 0 Å². The number of nitrogens with zero attached hydrogens (tertiary/aromatic N) is 3. The van der Waals surface area contributed by atoms with E-state index in [1.165, 1.54) is 11.8 Å². The summed E-state index contributed by atoms with van der Waals surface area (Å²) in [5.74, 6) is 2.20. The van der Waals surface area contributed by atoms with Crippen molar-refractivity contribution in [3.05, 3.63) is 81.6 Å². The normalized spacial score (nSPS) is 10.8. The topological polar surface area (TPSA) is 59.8 Å². The van der Waals surface area contributed by atoms with Crippen LogP contribution in [0.25, 0.3) is 0 Å². The molecule has 10 heteroatoms. The Morgan fingerprint density at radius 3 is 2.65 bits per heavy atom. The second-order valence-electron chi connectivity index (χ2n) is 6.34. The lowest BCUT2D eigenvalue weighted by atomic mass is 10.2. The van der Waals surface area contributed by atoms with E-state index in [1.807, 2.05) is 28.8 Å². The van der Waals surface area contributed by atoms with Gasteiger partial charge < -0.3 is 9.88 Å². The van der Waals surface area contributed by atoms with Crippen molar-refractivity contribution >= 4 is 69.9 Å². The second kappa shape index (κ2) is 11.8. The van der Waals surface area contributed by atoms with Crippen molar-refractivity contribution in [3.63, 3.8) is 0 Å². The minimum Gasteiger partial charge on any atom is -0.324 e. The molecule has 1 N–H and O–H groups in total. The Balaban J connectivity index is 1.58. The zero-order valence-electron chi connectivity index (χ0n) is 16.4. The molecule has 31 heavy (non-hydrogen) atoms. The smallest absolute Gasteiger partial charge is 0.234 e. The second-order valence-corrected chi connectivity index (χ2v) is 9.52. The number of halogens is 3. The number of anilines is 1. The first-order chi connectivity index (χ1) is 15.0. The number of thioether (sulfide) groups is 2. The Labute approximate surface area is 204 Å². The van der Waals surface area contributed by atoms with Gasteiger partial charge in [-0.3, -0.25) is 4.79 Å². The number of benzene rings is 2. The highest BCUT2D eigenvalue weighted by atomic mass is 35.5. The number of nitrogens with one attached hydrogen (secondary N) is 1. The van der Waals surface area contributed by atoms with Gasteiger partial charge in [0.1, 0.15) is 5.82 Å². The van der Waals surface area contributed by atoms with Gasteiger partial charge in [-0.25, -0.2) is 0 Å². The summed E-state index contributed by atoms with van der Waals surface area (Å²) in [5, 5.41) is 13.8. The number of aromatic nitrogens is 3. The summed E-state index contributed by atoms with van der Waals surface area (Å²) in [4.78, 5) is 12.3. The minimum atomic E-state index is -0.167. The molecule has 0 fully saturated rings. The van der Waals surface area contributed by atoms with Crippen molar-refractivity contribution in [2.24, 2.45) is 0 Å². The summed E-state index contributed by atoms with van der Waals surface area (Å²) in [6, 6.07) is 12.6. The third kappa shape index (κ3) is 6.92. The number of amides is 1. The minimum absolute atomic E-state index is 0.167. The largest absolute Gasteiger partial charge is 0.324 e. The van der Waals surface area contributed by atoms with Crippen LogP contribution in [0.15, 0.2) is 60.3 Å². The number of carbonyl (C=O) groups is 1. The average Bonchev–Trinajstić information content (AvgIpc) is 3.12. The Morgan fingerprint density at radius 1 is 1.10 bits per heavy atom. The molecule has 162 valence electrons. The molecule has 0 aliphatic rings. The van der Waals surface area contributed by atoms with E-state index in [9.17, 15) is 4.79 Å². The van der Waals surface area contributed by atoms with Gasteiger partial charge in [0.05, 0.1) is 22.2 Å². The molecule has 3 rings (SSSR count). The van der Waals surface area contributed by atoms with E-state index in [-0.39, 0.29) is 11.7 Å². The Hall–Kier alpha value is -1.64. The molecule has 0 radical (unpaired) electrons. The molecular weight excluding hydrogens is 495 g/mol. The van der Waals surface area contributed by atoms with Crippen LogP contribution in [0.5, 0.6) is 0 Å². The van der Waals surface area contributed by atoms with E-state index in [4.69, 9.17) is 34.8 Å². The van der Waals surface area contributed by atoms with E-state index in [2.05, 4.69) is 22.1 Å². The first-order valence-corrected chi connectivity index (χ1v) is 12.5. The molecule has 2 aromatic carbocycles. The molecule has 0 unspecified atom stereocenters. The molecule has 5 nitrogen and oxygen atoms in total. The lowest BCUT2D eigenvalue weighted by molar-refractivity contribution is -0.113. The quantitative estimate of drug-likeness (QED) is 0.245. The number of hydrogen-bond donors (Lipinski definition) is 1.